The molecule has 0 aromatic rings. The van der Waals surface area contributed by atoms with Gasteiger partial charge >= 0.3 is 0 Å². The van der Waals surface area contributed by atoms with Crippen LogP contribution in [-0.2, 0) is 4.79 Å². The number of nitrogens with zero attached hydrogens (tertiary/aromatic N) is 1. The lowest BCUT2D eigenvalue weighted by Crippen LogP contribution is -2.48. The van der Waals surface area contributed by atoms with Gasteiger partial charge in [-0.2, -0.15) is 0 Å². The first-order valence-corrected chi connectivity index (χ1v) is 7.07. The Kier molecular flexibility index (Phi) is 3.76. The van der Waals surface area contributed by atoms with Crippen molar-refractivity contribution in [3.05, 3.63) is 0 Å². The van der Waals surface area contributed by atoms with Gasteiger partial charge in [0.2, 0.25) is 5.91 Å². The first-order valence-electron chi connectivity index (χ1n) is 7.07. The quantitative estimate of drug-likeness (QED) is 0.801. The molecule has 1 aliphatic heterocycles. The normalized spacial score (nSPS) is 28.0. The molecule has 1 saturated carbocycles. The van der Waals surface area contributed by atoms with Crippen molar-refractivity contribution in [2.45, 2.75) is 58.4 Å². The van der Waals surface area contributed by atoms with Crippen molar-refractivity contribution in [1.82, 2.24) is 4.90 Å². The van der Waals surface area contributed by atoms with Gasteiger partial charge in [-0.1, -0.05) is 20.3 Å². The van der Waals surface area contributed by atoms with E-state index in [1.807, 2.05) is 0 Å². The van der Waals surface area contributed by atoms with Crippen LogP contribution in [0.1, 0.15) is 52.4 Å². The lowest BCUT2D eigenvalue weighted by Gasteiger charge is -2.42. The van der Waals surface area contributed by atoms with Gasteiger partial charge in [-0.05, 0) is 37.0 Å². The van der Waals surface area contributed by atoms with E-state index in [2.05, 4.69) is 18.7 Å². The summed E-state index contributed by atoms with van der Waals surface area (Å²) in [5, 5.41) is 0. The van der Waals surface area contributed by atoms with E-state index >= 15 is 0 Å². The smallest absolute Gasteiger partial charge is 0.222 e. The summed E-state index contributed by atoms with van der Waals surface area (Å²) in [5.74, 6) is 0.800. The molecule has 0 bridgehead atoms. The first kappa shape index (κ1) is 12.9. The monoisotopic (exact) mass is 238 g/mol. The highest BCUT2D eigenvalue weighted by atomic mass is 16.2. The van der Waals surface area contributed by atoms with Crippen LogP contribution in [0.15, 0.2) is 0 Å². The number of hydrogen-bond acceptors (Lipinski definition) is 2. The molecular weight excluding hydrogens is 212 g/mol. The van der Waals surface area contributed by atoms with Crippen LogP contribution in [0, 0.1) is 11.3 Å². The Morgan fingerprint density at radius 2 is 2.00 bits per heavy atom. The summed E-state index contributed by atoms with van der Waals surface area (Å²) < 4.78 is 0. The zero-order valence-corrected chi connectivity index (χ0v) is 11.2. The number of carbonyl (C=O) groups is 1. The number of carbonyl (C=O) groups excluding carboxylic acids is 1. The van der Waals surface area contributed by atoms with Crippen LogP contribution in [0.25, 0.3) is 0 Å². The molecule has 1 heterocycles. The fraction of sp³-hybridized carbons (Fsp3) is 0.929. The van der Waals surface area contributed by atoms with Crippen molar-refractivity contribution in [3.8, 4) is 0 Å². The summed E-state index contributed by atoms with van der Waals surface area (Å²) in [4.78, 5) is 14.0. The van der Waals surface area contributed by atoms with Gasteiger partial charge in [-0.15, -0.1) is 0 Å². The van der Waals surface area contributed by atoms with E-state index in [4.69, 9.17) is 5.73 Å². The Hall–Kier alpha value is -0.570. The van der Waals surface area contributed by atoms with Gasteiger partial charge in [0.05, 0.1) is 0 Å². The highest BCUT2D eigenvalue weighted by Gasteiger charge is 2.43. The molecule has 1 atom stereocenters. The van der Waals surface area contributed by atoms with Gasteiger partial charge in [-0.25, -0.2) is 0 Å². The molecule has 2 fully saturated rings. The fourth-order valence-corrected chi connectivity index (χ4v) is 3.47. The van der Waals surface area contributed by atoms with Gasteiger partial charge in [0, 0.05) is 25.6 Å². The number of likely N-dealkylation sites (tertiary alicyclic amines) is 1. The molecule has 1 aliphatic carbocycles. The van der Waals surface area contributed by atoms with Crippen LogP contribution in [0.2, 0.25) is 0 Å². The summed E-state index contributed by atoms with van der Waals surface area (Å²) in [7, 11) is 0. The van der Waals surface area contributed by atoms with E-state index < -0.39 is 0 Å². The van der Waals surface area contributed by atoms with Gasteiger partial charge < -0.3 is 10.6 Å². The minimum Gasteiger partial charge on any atom is -0.343 e. The molecule has 3 nitrogen and oxygen atoms in total. The van der Waals surface area contributed by atoms with Crippen LogP contribution < -0.4 is 5.73 Å². The minimum atomic E-state index is 0.335. The topological polar surface area (TPSA) is 46.3 Å². The third-order valence-electron chi connectivity index (χ3n) is 4.67. The maximum absolute atomic E-state index is 12.0. The lowest BCUT2D eigenvalue weighted by atomic mass is 9.74. The molecule has 1 spiro atoms. The van der Waals surface area contributed by atoms with Crippen molar-refractivity contribution in [2.75, 3.05) is 13.1 Å². The molecule has 17 heavy (non-hydrogen) atoms. The predicted octanol–water partition coefficient (Wildman–Crippen LogP) is 2.15. The number of amides is 1. The molecule has 1 unspecified atom stereocenters. The molecule has 1 saturated heterocycles. The van der Waals surface area contributed by atoms with E-state index in [-0.39, 0.29) is 0 Å². The van der Waals surface area contributed by atoms with Crippen molar-refractivity contribution >= 4 is 5.91 Å². The van der Waals surface area contributed by atoms with E-state index in [0.29, 0.717) is 29.7 Å². The van der Waals surface area contributed by atoms with Crippen LogP contribution in [0.3, 0.4) is 0 Å². The van der Waals surface area contributed by atoms with E-state index in [1.54, 1.807) is 0 Å². The molecule has 0 aromatic heterocycles. The predicted molar refractivity (Wildman–Crippen MR) is 69.5 cm³/mol. The number of rotatable bonds is 2. The highest BCUT2D eigenvalue weighted by Crippen LogP contribution is 2.45. The van der Waals surface area contributed by atoms with Crippen molar-refractivity contribution in [3.63, 3.8) is 0 Å². The largest absolute Gasteiger partial charge is 0.343 e. The SMILES string of the molecule is CC(C)CC(=O)N1CCC2(CCCC2N)CC1. The highest BCUT2D eigenvalue weighted by molar-refractivity contribution is 5.76. The van der Waals surface area contributed by atoms with Crippen LogP contribution >= 0.6 is 0 Å². The third kappa shape index (κ3) is 2.65. The number of nitrogens with two attached hydrogens (primary N) is 1. The van der Waals surface area contributed by atoms with E-state index in [0.717, 1.165) is 25.9 Å². The summed E-state index contributed by atoms with van der Waals surface area (Å²) >= 11 is 0. The molecule has 2 rings (SSSR count). The first-order chi connectivity index (χ1) is 8.03. The maximum atomic E-state index is 12.0. The summed E-state index contributed by atoms with van der Waals surface area (Å²) in [6.45, 7) is 6.07. The Morgan fingerprint density at radius 3 is 2.47 bits per heavy atom. The van der Waals surface area contributed by atoms with Crippen molar-refractivity contribution in [2.24, 2.45) is 17.1 Å². The fourth-order valence-electron chi connectivity index (χ4n) is 3.47. The summed E-state index contributed by atoms with van der Waals surface area (Å²) in [6.07, 6.45) is 6.68. The standard InChI is InChI=1S/C14H26N2O/c1-11(2)10-13(17)16-8-6-14(7-9-16)5-3-4-12(14)15/h11-12H,3-10,15H2,1-2H3. The Bertz CT molecular complexity index is 280. The second kappa shape index (κ2) is 4.97. The van der Waals surface area contributed by atoms with Gasteiger partial charge in [-0.3, -0.25) is 4.79 Å². The number of hydrogen-bond donors (Lipinski definition) is 1. The third-order valence-corrected chi connectivity index (χ3v) is 4.67. The Labute approximate surface area is 105 Å². The average molecular weight is 238 g/mol. The zero-order chi connectivity index (χ0) is 12.5. The van der Waals surface area contributed by atoms with Gasteiger partial charge in [0.25, 0.3) is 0 Å². The average Bonchev–Trinajstić information content (AvgIpc) is 2.60. The van der Waals surface area contributed by atoms with E-state index in [9.17, 15) is 4.79 Å². The molecule has 0 radical (unpaired) electrons. The molecule has 3 heteroatoms. The van der Waals surface area contributed by atoms with Crippen LogP contribution in [0.5, 0.6) is 0 Å². The zero-order valence-electron chi connectivity index (χ0n) is 11.2. The molecule has 98 valence electrons. The van der Waals surface area contributed by atoms with Crippen LogP contribution in [-0.4, -0.2) is 29.9 Å². The molecule has 2 aliphatic rings. The van der Waals surface area contributed by atoms with Crippen molar-refractivity contribution < 1.29 is 4.79 Å². The summed E-state index contributed by atoms with van der Waals surface area (Å²) in [5.41, 5.74) is 6.61. The van der Waals surface area contributed by atoms with Crippen molar-refractivity contribution in [1.29, 1.82) is 0 Å². The van der Waals surface area contributed by atoms with E-state index in [1.165, 1.54) is 19.3 Å². The van der Waals surface area contributed by atoms with Gasteiger partial charge in [0.15, 0.2) is 0 Å². The van der Waals surface area contributed by atoms with Gasteiger partial charge in [0.1, 0.15) is 0 Å². The lowest BCUT2D eigenvalue weighted by molar-refractivity contribution is -0.134. The minimum absolute atomic E-state index is 0.335. The number of piperidine rings is 1. The molecule has 0 aromatic carbocycles. The molecule has 1 amide bonds. The summed E-state index contributed by atoms with van der Waals surface area (Å²) in [6, 6.07) is 0.379. The second-order valence-corrected chi connectivity index (χ2v) is 6.34. The second-order valence-electron chi connectivity index (χ2n) is 6.34. The molecular formula is C14H26N2O. The Morgan fingerprint density at radius 1 is 1.35 bits per heavy atom. The van der Waals surface area contributed by atoms with Crippen LogP contribution in [0.4, 0.5) is 0 Å². The Balaban J connectivity index is 1.87. The molecule has 2 N–H and O–H groups in total. The maximum Gasteiger partial charge on any atom is 0.222 e.